The normalized spacial score (nSPS) is 20.0. The predicted molar refractivity (Wildman–Crippen MR) is 105 cm³/mol. The maximum Gasteiger partial charge on any atom is 0.268 e. The van der Waals surface area contributed by atoms with E-state index in [-0.39, 0.29) is 5.91 Å². The first-order valence-corrected chi connectivity index (χ1v) is 9.65. The summed E-state index contributed by atoms with van der Waals surface area (Å²) in [7, 11) is 0. The Hall–Kier alpha value is -1.76. The average molecular weight is 371 g/mol. The molecule has 0 N–H and O–H groups in total. The summed E-state index contributed by atoms with van der Waals surface area (Å²) in [5.41, 5.74) is 2.15. The highest BCUT2D eigenvalue weighted by atomic mass is 32.2. The SMILES string of the molecule is CCN1C(=O)C(=C2Sc3ccccc3N2c2ccccc2)SC1=S. The van der Waals surface area contributed by atoms with Crippen molar-refractivity contribution < 1.29 is 4.79 Å². The lowest BCUT2D eigenvalue weighted by Crippen LogP contribution is -2.28. The standard InChI is InChI=1S/C18H14N2OS3/c1-2-19-16(21)15(24-18(19)22)17-20(12-8-4-3-5-9-12)13-10-6-7-11-14(13)23-17/h3-11H,2H2,1H3. The van der Waals surface area contributed by atoms with E-state index in [1.807, 2.05) is 37.3 Å². The number of benzene rings is 2. The number of carbonyl (C=O) groups is 1. The first-order valence-electron chi connectivity index (χ1n) is 7.60. The summed E-state index contributed by atoms with van der Waals surface area (Å²) in [6.07, 6.45) is 0. The van der Waals surface area contributed by atoms with Crippen LogP contribution >= 0.6 is 35.7 Å². The Morgan fingerprint density at radius 3 is 2.42 bits per heavy atom. The van der Waals surface area contributed by atoms with E-state index in [0.29, 0.717) is 15.8 Å². The Morgan fingerprint density at radius 1 is 1.00 bits per heavy atom. The minimum Gasteiger partial charge on any atom is -0.302 e. The monoisotopic (exact) mass is 370 g/mol. The topological polar surface area (TPSA) is 23.6 Å². The Balaban J connectivity index is 1.88. The number of thioether (sulfide) groups is 2. The number of hydrogen-bond acceptors (Lipinski definition) is 5. The van der Waals surface area contributed by atoms with Crippen LogP contribution in [0.15, 0.2) is 69.4 Å². The second-order valence-electron chi connectivity index (χ2n) is 5.29. The van der Waals surface area contributed by atoms with E-state index in [1.165, 1.54) is 11.8 Å². The Bertz CT molecular complexity index is 864. The molecule has 120 valence electrons. The van der Waals surface area contributed by atoms with Crippen LogP contribution in [0.25, 0.3) is 0 Å². The van der Waals surface area contributed by atoms with E-state index in [4.69, 9.17) is 12.2 Å². The average Bonchev–Trinajstić information content (AvgIpc) is 3.12. The number of anilines is 2. The van der Waals surface area contributed by atoms with Crippen LogP contribution in [-0.2, 0) is 4.79 Å². The molecule has 1 fully saturated rings. The molecule has 1 saturated heterocycles. The largest absolute Gasteiger partial charge is 0.302 e. The van der Waals surface area contributed by atoms with E-state index >= 15 is 0 Å². The van der Waals surface area contributed by atoms with Crippen LogP contribution in [-0.4, -0.2) is 21.7 Å². The quantitative estimate of drug-likeness (QED) is 0.548. The van der Waals surface area contributed by atoms with E-state index in [2.05, 4.69) is 29.2 Å². The van der Waals surface area contributed by atoms with Gasteiger partial charge in [0, 0.05) is 17.1 Å². The predicted octanol–water partition coefficient (Wildman–Crippen LogP) is 4.98. The zero-order chi connectivity index (χ0) is 16.7. The minimum atomic E-state index is 0.00346. The molecule has 0 aromatic heterocycles. The van der Waals surface area contributed by atoms with Crippen molar-refractivity contribution >= 4 is 57.3 Å². The number of carbonyl (C=O) groups excluding carboxylic acids is 1. The summed E-state index contributed by atoms with van der Waals surface area (Å²) in [5, 5.41) is 0.940. The molecule has 0 atom stereocenters. The van der Waals surface area contributed by atoms with Gasteiger partial charge in [0.15, 0.2) is 0 Å². The minimum absolute atomic E-state index is 0.00346. The van der Waals surface area contributed by atoms with E-state index in [9.17, 15) is 4.79 Å². The van der Waals surface area contributed by atoms with Gasteiger partial charge in [0.1, 0.15) is 14.3 Å². The van der Waals surface area contributed by atoms with Crippen LogP contribution in [0.3, 0.4) is 0 Å². The van der Waals surface area contributed by atoms with Gasteiger partial charge in [-0.1, -0.05) is 66.1 Å². The molecule has 0 bridgehead atoms. The smallest absolute Gasteiger partial charge is 0.268 e. The molecule has 2 aromatic rings. The molecule has 3 nitrogen and oxygen atoms in total. The molecule has 0 spiro atoms. The van der Waals surface area contributed by atoms with Crippen LogP contribution in [0.1, 0.15) is 6.92 Å². The van der Waals surface area contributed by atoms with Gasteiger partial charge < -0.3 is 4.90 Å². The van der Waals surface area contributed by atoms with Gasteiger partial charge in [-0.05, 0) is 31.2 Å². The number of nitrogens with zero attached hydrogens (tertiary/aromatic N) is 2. The highest BCUT2D eigenvalue weighted by Crippen LogP contribution is 2.53. The van der Waals surface area contributed by atoms with Gasteiger partial charge in [-0.15, -0.1) is 0 Å². The van der Waals surface area contributed by atoms with Crippen LogP contribution in [0.2, 0.25) is 0 Å². The number of thiocarbonyl (C=S) groups is 1. The van der Waals surface area contributed by atoms with Gasteiger partial charge in [-0.2, -0.15) is 0 Å². The second kappa shape index (κ2) is 6.27. The molecule has 1 amide bonds. The van der Waals surface area contributed by atoms with Crippen molar-refractivity contribution in [1.82, 2.24) is 4.90 Å². The molecule has 2 aliphatic rings. The Labute approximate surface area is 154 Å². The fourth-order valence-electron chi connectivity index (χ4n) is 2.77. The summed E-state index contributed by atoms with van der Waals surface area (Å²) in [6, 6.07) is 18.4. The zero-order valence-electron chi connectivity index (χ0n) is 12.9. The van der Waals surface area contributed by atoms with Crippen LogP contribution < -0.4 is 4.90 Å². The molecule has 2 aliphatic heterocycles. The Kier molecular flexibility index (Phi) is 4.12. The third-order valence-corrected chi connectivity index (χ3v) is 6.60. The van der Waals surface area contributed by atoms with E-state index in [0.717, 1.165) is 21.3 Å². The molecule has 2 aromatic carbocycles. The number of amides is 1. The van der Waals surface area contributed by atoms with E-state index in [1.54, 1.807) is 16.7 Å². The highest BCUT2D eigenvalue weighted by Gasteiger charge is 2.38. The van der Waals surface area contributed by atoms with Crippen molar-refractivity contribution in [3.8, 4) is 0 Å². The maximum atomic E-state index is 12.8. The molecule has 6 heteroatoms. The molecule has 0 aliphatic carbocycles. The van der Waals surface area contributed by atoms with Crippen LogP contribution in [0, 0.1) is 0 Å². The molecule has 0 unspecified atom stereocenters. The van der Waals surface area contributed by atoms with Crippen LogP contribution in [0.4, 0.5) is 11.4 Å². The fraction of sp³-hybridized carbons (Fsp3) is 0.111. The lowest BCUT2D eigenvalue weighted by molar-refractivity contribution is -0.122. The lowest BCUT2D eigenvalue weighted by atomic mass is 10.2. The lowest BCUT2D eigenvalue weighted by Gasteiger charge is -2.21. The molecular weight excluding hydrogens is 356 g/mol. The number of fused-ring (bicyclic) bond motifs is 1. The summed E-state index contributed by atoms with van der Waals surface area (Å²) < 4.78 is 0.634. The molecule has 0 saturated carbocycles. The van der Waals surface area contributed by atoms with Crippen molar-refractivity contribution in [1.29, 1.82) is 0 Å². The van der Waals surface area contributed by atoms with Gasteiger partial charge in [0.05, 0.1) is 5.69 Å². The second-order valence-corrected chi connectivity index (χ2v) is 7.97. The Morgan fingerprint density at radius 2 is 1.71 bits per heavy atom. The summed E-state index contributed by atoms with van der Waals surface area (Å²) in [6.45, 7) is 2.55. The number of likely N-dealkylation sites (N-methyl/N-ethyl adjacent to an activating group) is 1. The number of hydrogen-bond donors (Lipinski definition) is 0. The fourth-order valence-corrected chi connectivity index (χ4v) is 5.45. The summed E-state index contributed by atoms with van der Waals surface area (Å²) in [4.78, 5) is 18.5. The van der Waals surface area contributed by atoms with Gasteiger partial charge in [-0.3, -0.25) is 9.69 Å². The number of rotatable bonds is 2. The molecule has 24 heavy (non-hydrogen) atoms. The van der Waals surface area contributed by atoms with E-state index < -0.39 is 0 Å². The highest BCUT2D eigenvalue weighted by molar-refractivity contribution is 8.27. The zero-order valence-corrected chi connectivity index (χ0v) is 15.4. The van der Waals surface area contributed by atoms with Gasteiger partial charge in [-0.25, -0.2) is 0 Å². The molecule has 4 rings (SSSR count). The number of para-hydroxylation sites is 2. The van der Waals surface area contributed by atoms with Crippen molar-refractivity contribution in [2.45, 2.75) is 11.8 Å². The maximum absolute atomic E-state index is 12.8. The first-order chi connectivity index (χ1) is 11.7. The van der Waals surface area contributed by atoms with Crippen molar-refractivity contribution in [3.05, 3.63) is 64.5 Å². The van der Waals surface area contributed by atoms with Crippen LogP contribution in [0.5, 0.6) is 0 Å². The summed E-state index contributed by atoms with van der Waals surface area (Å²) in [5.74, 6) is 0.00346. The third-order valence-electron chi connectivity index (χ3n) is 3.89. The van der Waals surface area contributed by atoms with Gasteiger partial charge in [0.2, 0.25) is 0 Å². The van der Waals surface area contributed by atoms with Crippen molar-refractivity contribution in [3.63, 3.8) is 0 Å². The summed E-state index contributed by atoms with van der Waals surface area (Å²) >= 11 is 8.41. The van der Waals surface area contributed by atoms with Gasteiger partial charge >= 0.3 is 0 Å². The molecule has 2 heterocycles. The van der Waals surface area contributed by atoms with Gasteiger partial charge in [0.25, 0.3) is 5.91 Å². The first kappa shape index (κ1) is 15.7. The molecular formula is C18H14N2OS3. The molecule has 0 radical (unpaired) electrons. The van der Waals surface area contributed by atoms with Crippen molar-refractivity contribution in [2.24, 2.45) is 0 Å². The third kappa shape index (κ3) is 2.46. The van der Waals surface area contributed by atoms with Crippen molar-refractivity contribution in [2.75, 3.05) is 11.4 Å².